The van der Waals surface area contributed by atoms with Crippen molar-refractivity contribution in [2.24, 2.45) is 0 Å². The highest BCUT2D eigenvalue weighted by Gasteiger charge is 2.52. The molecule has 2 aliphatic heterocycles. The van der Waals surface area contributed by atoms with E-state index in [1.54, 1.807) is 20.8 Å². The molecule has 2 bridgehead atoms. The van der Waals surface area contributed by atoms with Crippen LogP contribution in [-0.4, -0.2) is 37.2 Å². The lowest BCUT2D eigenvalue weighted by molar-refractivity contribution is -0.142. The van der Waals surface area contributed by atoms with Crippen LogP contribution in [-0.2, 0) is 23.8 Å². The molecule has 2 rings (SSSR count). The van der Waals surface area contributed by atoms with Gasteiger partial charge in [-0.15, -0.1) is 0 Å². The van der Waals surface area contributed by atoms with E-state index in [1.165, 1.54) is 13.2 Å². The number of Topliss-reactive ketones (excluding diaryl/α,β-unsaturated/α-hetero) is 1. The number of hydrogen-bond acceptors (Lipinski definition) is 5. The summed E-state index contributed by atoms with van der Waals surface area (Å²) in [6.45, 7) is 5.46. The van der Waals surface area contributed by atoms with Gasteiger partial charge >= 0.3 is 5.97 Å². The third kappa shape index (κ3) is 1.66. The second kappa shape index (κ2) is 4.24. The Morgan fingerprint density at radius 1 is 1.56 bits per heavy atom. The largest absolute Gasteiger partial charge is 0.493 e. The minimum atomic E-state index is -0.944. The van der Waals surface area contributed by atoms with Crippen LogP contribution < -0.4 is 0 Å². The van der Waals surface area contributed by atoms with E-state index < -0.39 is 17.7 Å². The van der Waals surface area contributed by atoms with Crippen LogP contribution in [0.5, 0.6) is 0 Å². The molecule has 0 aromatic heterocycles. The number of ketones is 1. The summed E-state index contributed by atoms with van der Waals surface area (Å²) in [7, 11) is 1.43. The van der Waals surface area contributed by atoms with E-state index >= 15 is 0 Å². The molecular formula is C13H16O5. The van der Waals surface area contributed by atoms with Crippen molar-refractivity contribution in [3.63, 3.8) is 0 Å². The fourth-order valence-electron chi connectivity index (χ4n) is 2.45. The first-order chi connectivity index (χ1) is 8.44. The molecule has 0 spiro atoms. The van der Waals surface area contributed by atoms with Gasteiger partial charge in [0, 0.05) is 0 Å². The van der Waals surface area contributed by atoms with Crippen LogP contribution in [0.1, 0.15) is 20.8 Å². The number of carbonyl (C=O) groups is 2. The summed E-state index contributed by atoms with van der Waals surface area (Å²) in [6, 6.07) is 0. The van der Waals surface area contributed by atoms with Gasteiger partial charge in [0.15, 0.2) is 5.76 Å². The summed E-state index contributed by atoms with van der Waals surface area (Å²) in [5, 5.41) is 0. The predicted molar refractivity (Wildman–Crippen MR) is 62.7 cm³/mol. The minimum Gasteiger partial charge on any atom is -0.493 e. The zero-order chi connectivity index (χ0) is 13.5. The van der Waals surface area contributed by atoms with Crippen LogP contribution in [0.15, 0.2) is 23.0 Å². The van der Waals surface area contributed by atoms with Gasteiger partial charge in [-0.05, 0) is 32.4 Å². The molecular weight excluding hydrogens is 236 g/mol. The van der Waals surface area contributed by atoms with Crippen molar-refractivity contribution < 1.29 is 23.8 Å². The summed E-state index contributed by atoms with van der Waals surface area (Å²) < 4.78 is 15.7. The Kier molecular flexibility index (Phi) is 3.02. The zero-order valence-corrected chi connectivity index (χ0v) is 10.9. The summed E-state index contributed by atoms with van der Waals surface area (Å²) in [6.07, 6.45) is 0.795. The molecule has 5 nitrogen and oxygen atoms in total. The van der Waals surface area contributed by atoms with Crippen LogP contribution in [0.2, 0.25) is 0 Å². The van der Waals surface area contributed by atoms with Gasteiger partial charge < -0.3 is 14.2 Å². The van der Waals surface area contributed by atoms with Gasteiger partial charge in [-0.1, -0.05) is 0 Å². The lowest BCUT2D eigenvalue weighted by atomic mass is 9.94. The van der Waals surface area contributed by atoms with E-state index in [0.29, 0.717) is 11.1 Å². The average Bonchev–Trinajstić information content (AvgIpc) is 2.54. The first-order valence-electron chi connectivity index (χ1n) is 5.82. The molecule has 98 valence electrons. The normalized spacial score (nSPS) is 30.3. The van der Waals surface area contributed by atoms with Gasteiger partial charge in [-0.3, -0.25) is 4.79 Å². The molecule has 0 radical (unpaired) electrons. The highest BCUT2D eigenvalue weighted by Crippen LogP contribution is 2.42. The highest BCUT2D eigenvalue weighted by atomic mass is 16.6. The maximum atomic E-state index is 12.0. The third-order valence-electron chi connectivity index (χ3n) is 3.23. The molecule has 0 saturated heterocycles. The maximum Gasteiger partial charge on any atom is 0.337 e. The summed E-state index contributed by atoms with van der Waals surface area (Å²) in [5.74, 6) is -0.472. The van der Waals surface area contributed by atoms with Crippen molar-refractivity contribution in [2.75, 3.05) is 13.7 Å². The third-order valence-corrected chi connectivity index (χ3v) is 3.23. The van der Waals surface area contributed by atoms with Crippen LogP contribution in [0.25, 0.3) is 0 Å². The van der Waals surface area contributed by atoms with Gasteiger partial charge in [0.2, 0.25) is 5.78 Å². The molecule has 0 saturated carbocycles. The summed E-state index contributed by atoms with van der Waals surface area (Å²) >= 11 is 0. The van der Waals surface area contributed by atoms with Crippen LogP contribution in [0.3, 0.4) is 0 Å². The molecule has 0 amide bonds. The number of ether oxygens (including phenoxy) is 3. The Bertz CT molecular complexity index is 474. The smallest absolute Gasteiger partial charge is 0.337 e. The van der Waals surface area contributed by atoms with E-state index in [9.17, 15) is 9.59 Å². The minimum absolute atomic E-state index is 0.229. The van der Waals surface area contributed by atoms with Gasteiger partial charge in [0.05, 0.1) is 19.3 Å². The van der Waals surface area contributed by atoms with E-state index in [4.69, 9.17) is 14.2 Å². The van der Waals surface area contributed by atoms with Gasteiger partial charge in [0.25, 0.3) is 0 Å². The first kappa shape index (κ1) is 12.8. The van der Waals surface area contributed by atoms with Crippen molar-refractivity contribution >= 4 is 11.8 Å². The number of hydrogen-bond donors (Lipinski definition) is 0. The van der Waals surface area contributed by atoms with Gasteiger partial charge in [-0.25, -0.2) is 4.79 Å². The van der Waals surface area contributed by atoms with E-state index in [0.717, 1.165) is 0 Å². The monoisotopic (exact) mass is 252 g/mol. The molecule has 2 heterocycles. The topological polar surface area (TPSA) is 61.8 Å². The maximum absolute atomic E-state index is 12.0. The lowest BCUT2D eigenvalue weighted by Gasteiger charge is -2.28. The Balaban J connectivity index is 2.48. The Labute approximate surface area is 105 Å². The molecule has 0 N–H and O–H groups in total. The van der Waals surface area contributed by atoms with E-state index in [2.05, 4.69) is 0 Å². The van der Waals surface area contributed by atoms with Crippen molar-refractivity contribution in [3.8, 4) is 0 Å². The Morgan fingerprint density at radius 3 is 2.78 bits per heavy atom. The van der Waals surface area contributed by atoms with Crippen LogP contribution in [0.4, 0.5) is 0 Å². The molecule has 2 unspecified atom stereocenters. The van der Waals surface area contributed by atoms with Crippen LogP contribution in [0, 0.1) is 0 Å². The molecule has 0 fully saturated rings. The molecule has 0 aliphatic carbocycles. The number of esters is 1. The Hall–Kier alpha value is -1.62. The fourth-order valence-corrected chi connectivity index (χ4v) is 2.45. The molecule has 0 aromatic carbocycles. The fraction of sp³-hybridized carbons (Fsp3) is 0.538. The van der Waals surface area contributed by atoms with Gasteiger partial charge in [-0.2, -0.15) is 0 Å². The second-order valence-electron chi connectivity index (χ2n) is 4.46. The van der Waals surface area contributed by atoms with E-state index in [1.807, 2.05) is 0 Å². The number of methoxy groups -OCH3 is 1. The van der Waals surface area contributed by atoms with Gasteiger partial charge in [0.1, 0.15) is 11.7 Å². The van der Waals surface area contributed by atoms with Crippen molar-refractivity contribution in [2.45, 2.75) is 32.5 Å². The standard InChI is InChI=1S/C13H16O5/c1-5-17-12(15)9-7(2)11-10(14)8(16-4)6-13(9,3)18-11/h6,11H,5H2,1-4H3. The molecule has 2 aliphatic rings. The van der Waals surface area contributed by atoms with E-state index in [-0.39, 0.29) is 18.1 Å². The second-order valence-corrected chi connectivity index (χ2v) is 4.46. The average molecular weight is 252 g/mol. The number of carbonyl (C=O) groups excluding carboxylic acids is 2. The number of fused-ring (bicyclic) bond motifs is 2. The zero-order valence-electron chi connectivity index (χ0n) is 10.9. The van der Waals surface area contributed by atoms with Crippen molar-refractivity contribution in [1.29, 1.82) is 0 Å². The quantitative estimate of drug-likeness (QED) is 0.705. The molecule has 2 atom stereocenters. The molecule has 0 aromatic rings. The Morgan fingerprint density at radius 2 is 2.22 bits per heavy atom. The summed E-state index contributed by atoms with van der Waals surface area (Å²) in [4.78, 5) is 24.0. The SMILES string of the molecule is CCOC(=O)C1=C(C)C2OC1(C)C=C(OC)C2=O. The molecule has 5 heteroatoms. The summed E-state index contributed by atoms with van der Waals surface area (Å²) in [5.41, 5.74) is 0.0549. The lowest BCUT2D eigenvalue weighted by Crippen LogP contribution is -2.38. The van der Waals surface area contributed by atoms with Crippen LogP contribution >= 0.6 is 0 Å². The van der Waals surface area contributed by atoms with Crippen molar-refractivity contribution in [1.82, 2.24) is 0 Å². The highest BCUT2D eigenvalue weighted by molar-refractivity contribution is 6.05. The number of rotatable bonds is 3. The van der Waals surface area contributed by atoms with Crippen molar-refractivity contribution in [3.05, 3.63) is 23.0 Å². The molecule has 18 heavy (non-hydrogen) atoms. The predicted octanol–water partition coefficient (Wildman–Crippen LogP) is 1.14. The first-order valence-corrected chi connectivity index (χ1v) is 5.82.